The Morgan fingerprint density at radius 2 is 2.25 bits per heavy atom. The molecule has 2 aromatic heterocycles. The number of hydrogen-bond donors (Lipinski definition) is 2. The Morgan fingerprint density at radius 1 is 1.46 bits per heavy atom. The summed E-state index contributed by atoms with van der Waals surface area (Å²) >= 11 is 1.45. The monoisotopic (exact) mass is 350 g/mol. The highest BCUT2D eigenvalue weighted by atomic mass is 32.1. The van der Waals surface area contributed by atoms with Crippen molar-refractivity contribution in [1.29, 1.82) is 0 Å². The first-order chi connectivity index (χ1) is 11.7. The lowest BCUT2D eigenvalue weighted by Crippen LogP contribution is -2.35. The molecule has 3 rings (SSSR count). The highest BCUT2D eigenvalue weighted by Crippen LogP contribution is 2.20. The molecule has 0 spiro atoms. The van der Waals surface area contributed by atoms with Gasteiger partial charge in [0.05, 0.1) is 25.1 Å². The Hall–Kier alpha value is -1.81. The van der Waals surface area contributed by atoms with Crippen LogP contribution in [-0.4, -0.2) is 58.9 Å². The number of morpholine rings is 1. The van der Waals surface area contributed by atoms with Gasteiger partial charge in [-0.05, 0) is 7.05 Å². The number of anilines is 1. The summed E-state index contributed by atoms with van der Waals surface area (Å²) in [5.41, 5.74) is 1.79. The van der Waals surface area contributed by atoms with Gasteiger partial charge in [-0.3, -0.25) is 14.4 Å². The number of ether oxygens (including phenoxy) is 1. The summed E-state index contributed by atoms with van der Waals surface area (Å²) < 4.78 is 7.02. The van der Waals surface area contributed by atoms with Crippen molar-refractivity contribution in [2.45, 2.75) is 12.6 Å². The third kappa shape index (κ3) is 4.18. The van der Waals surface area contributed by atoms with Crippen molar-refractivity contribution in [3.8, 4) is 0 Å². The fraction of sp³-hybridized carbons (Fsp3) is 0.533. The molecule has 2 aromatic rings. The Morgan fingerprint density at radius 3 is 2.92 bits per heavy atom. The minimum Gasteiger partial charge on any atom is -0.379 e. The SMILES string of the molecule is CNC(C(=O)Nc1nc(CN2CCOCC2)cs1)c1cnn(C)c1. The van der Waals surface area contributed by atoms with Crippen LogP contribution in [0.15, 0.2) is 17.8 Å². The third-order valence-corrected chi connectivity index (χ3v) is 4.69. The molecule has 1 aliphatic rings. The van der Waals surface area contributed by atoms with Crippen molar-refractivity contribution in [2.24, 2.45) is 7.05 Å². The molecule has 3 heterocycles. The smallest absolute Gasteiger partial charge is 0.247 e. The normalized spacial score (nSPS) is 16.9. The molecule has 1 aliphatic heterocycles. The summed E-state index contributed by atoms with van der Waals surface area (Å²) in [4.78, 5) is 19.3. The number of amides is 1. The Balaban J connectivity index is 1.59. The van der Waals surface area contributed by atoms with Gasteiger partial charge in [0, 0.05) is 43.8 Å². The van der Waals surface area contributed by atoms with Crippen LogP contribution in [0.3, 0.4) is 0 Å². The van der Waals surface area contributed by atoms with Crippen LogP contribution in [0, 0.1) is 0 Å². The van der Waals surface area contributed by atoms with Gasteiger partial charge in [-0.2, -0.15) is 5.10 Å². The minimum absolute atomic E-state index is 0.141. The number of thiazole rings is 1. The molecule has 1 unspecified atom stereocenters. The van der Waals surface area contributed by atoms with Crippen molar-refractivity contribution >= 4 is 22.4 Å². The first kappa shape index (κ1) is 17.0. The number of carbonyl (C=O) groups is 1. The molecule has 8 nitrogen and oxygen atoms in total. The molecule has 0 bridgehead atoms. The average molecular weight is 350 g/mol. The fourth-order valence-corrected chi connectivity index (χ4v) is 3.35. The minimum atomic E-state index is -0.453. The van der Waals surface area contributed by atoms with Crippen LogP contribution >= 0.6 is 11.3 Å². The molecule has 1 saturated heterocycles. The molecule has 130 valence electrons. The van der Waals surface area contributed by atoms with Gasteiger partial charge in [0.1, 0.15) is 6.04 Å². The number of carbonyl (C=O) groups excluding carboxylic acids is 1. The van der Waals surface area contributed by atoms with Gasteiger partial charge < -0.3 is 15.4 Å². The number of aromatic nitrogens is 3. The molecule has 24 heavy (non-hydrogen) atoms. The van der Waals surface area contributed by atoms with E-state index in [-0.39, 0.29) is 5.91 Å². The molecule has 1 amide bonds. The first-order valence-corrected chi connectivity index (χ1v) is 8.75. The molecule has 0 aliphatic carbocycles. The van der Waals surface area contributed by atoms with Gasteiger partial charge in [-0.25, -0.2) is 4.98 Å². The van der Waals surface area contributed by atoms with Gasteiger partial charge in [0.15, 0.2) is 5.13 Å². The molecular weight excluding hydrogens is 328 g/mol. The van der Waals surface area contributed by atoms with Crippen molar-refractivity contribution in [1.82, 2.24) is 25.0 Å². The molecule has 0 saturated carbocycles. The second-order valence-electron chi connectivity index (χ2n) is 5.69. The zero-order valence-electron chi connectivity index (χ0n) is 13.9. The molecule has 9 heteroatoms. The maximum absolute atomic E-state index is 12.5. The zero-order valence-corrected chi connectivity index (χ0v) is 14.7. The largest absolute Gasteiger partial charge is 0.379 e. The molecular formula is C15H22N6O2S. The lowest BCUT2D eigenvalue weighted by atomic mass is 10.1. The maximum atomic E-state index is 12.5. The van der Waals surface area contributed by atoms with E-state index in [1.807, 2.05) is 18.6 Å². The fourth-order valence-electron chi connectivity index (χ4n) is 2.64. The lowest BCUT2D eigenvalue weighted by Gasteiger charge is -2.25. The van der Waals surface area contributed by atoms with Crippen LogP contribution in [0.4, 0.5) is 5.13 Å². The van der Waals surface area contributed by atoms with Crippen LogP contribution in [0.25, 0.3) is 0 Å². The van der Waals surface area contributed by atoms with Gasteiger partial charge in [-0.1, -0.05) is 0 Å². The average Bonchev–Trinajstić information content (AvgIpc) is 3.18. The molecule has 1 atom stereocenters. The molecule has 2 N–H and O–H groups in total. The Labute approximate surface area is 144 Å². The van der Waals surface area contributed by atoms with E-state index in [4.69, 9.17) is 4.74 Å². The number of rotatable bonds is 6. The first-order valence-electron chi connectivity index (χ1n) is 7.87. The zero-order chi connectivity index (χ0) is 16.9. The van der Waals surface area contributed by atoms with E-state index in [0.29, 0.717) is 5.13 Å². The van der Waals surface area contributed by atoms with Crippen LogP contribution in [0.2, 0.25) is 0 Å². The summed E-state index contributed by atoms with van der Waals surface area (Å²) in [6.45, 7) is 4.16. The Kier molecular flexibility index (Phi) is 5.56. The molecule has 0 aromatic carbocycles. The number of nitrogens with zero attached hydrogens (tertiary/aromatic N) is 4. The van der Waals surface area contributed by atoms with E-state index >= 15 is 0 Å². The predicted molar refractivity (Wildman–Crippen MR) is 91.8 cm³/mol. The standard InChI is InChI=1S/C15H22N6O2S/c1-16-13(11-7-17-20(2)8-11)14(22)19-15-18-12(10-24-15)9-21-3-5-23-6-4-21/h7-8,10,13,16H,3-6,9H2,1-2H3,(H,18,19,22). The number of hydrogen-bond acceptors (Lipinski definition) is 7. The van der Waals surface area contributed by atoms with E-state index < -0.39 is 6.04 Å². The number of likely N-dealkylation sites (N-methyl/N-ethyl adjacent to an activating group) is 1. The van der Waals surface area contributed by atoms with Crippen molar-refractivity contribution in [3.05, 3.63) is 29.0 Å². The summed E-state index contributed by atoms with van der Waals surface area (Å²) in [7, 11) is 3.58. The van der Waals surface area contributed by atoms with Crippen molar-refractivity contribution in [3.63, 3.8) is 0 Å². The lowest BCUT2D eigenvalue weighted by molar-refractivity contribution is -0.118. The van der Waals surface area contributed by atoms with E-state index in [0.717, 1.165) is 44.1 Å². The van der Waals surface area contributed by atoms with Crippen LogP contribution < -0.4 is 10.6 Å². The maximum Gasteiger partial charge on any atom is 0.247 e. The topological polar surface area (TPSA) is 84.3 Å². The van der Waals surface area contributed by atoms with E-state index in [1.54, 1.807) is 17.9 Å². The summed E-state index contributed by atoms with van der Waals surface area (Å²) in [6, 6.07) is -0.453. The highest BCUT2D eigenvalue weighted by Gasteiger charge is 2.21. The Bertz CT molecular complexity index is 679. The van der Waals surface area contributed by atoms with Gasteiger partial charge >= 0.3 is 0 Å². The number of aryl methyl sites for hydroxylation is 1. The van der Waals surface area contributed by atoms with Crippen LogP contribution in [0.1, 0.15) is 17.3 Å². The highest BCUT2D eigenvalue weighted by molar-refractivity contribution is 7.13. The van der Waals surface area contributed by atoms with Crippen molar-refractivity contribution in [2.75, 3.05) is 38.7 Å². The molecule has 0 radical (unpaired) electrons. The predicted octanol–water partition coefficient (Wildman–Crippen LogP) is 0.608. The molecule has 1 fully saturated rings. The quantitative estimate of drug-likeness (QED) is 0.794. The van der Waals surface area contributed by atoms with E-state index in [1.165, 1.54) is 11.3 Å². The van der Waals surface area contributed by atoms with Gasteiger partial charge in [-0.15, -0.1) is 11.3 Å². The second-order valence-corrected chi connectivity index (χ2v) is 6.55. The van der Waals surface area contributed by atoms with Gasteiger partial charge in [0.25, 0.3) is 0 Å². The summed E-state index contributed by atoms with van der Waals surface area (Å²) in [5.74, 6) is -0.141. The second kappa shape index (κ2) is 7.84. The third-order valence-electron chi connectivity index (χ3n) is 3.88. The summed E-state index contributed by atoms with van der Waals surface area (Å²) in [5, 5.41) is 12.6. The van der Waals surface area contributed by atoms with Crippen molar-refractivity contribution < 1.29 is 9.53 Å². The van der Waals surface area contributed by atoms with Gasteiger partial charge in [0.2, 0.25) is 5.91 Å². The van der Waals surface area contributed by atoms with Crippen LogP contribution in [0.5, 0.6) is 0 Å². The number of nitrogens with one attached hydrogen (secondary N) is 2. The van der Waals surface area contributed by atoms with E-state index in [2.05, 4.69) is 25.6 Å². The van der Waals surface area contributed by atoms with Crippen LogP contribution in [-0.2, 0) is 23.1 Å². The van der Waals surface area contributed by atoms with E-state index in [9.17, 15) is 4.79 Å². The summed E-state index contributed by atoms with van der Waals surface area (Å²) in [6.07, 6.45) is 3.51.